The van der Waals surface area contributed by atoms with Gasteiger partial charge in [-0.1, -0.05) is 12.1 Å². The Hall–Kier alpha value is -1.22. The van der Waals surface area contributed by atoms with Crippen LogP contribution in [0.25, 0.3) is 0 Å². The van der Waals surface area contributed by atoms with Crippen molar-refractivity contribution in [2.75, 3.05) is 0 Å². The number of nitrogens with two attached hydrogens (primary N) is 1. The molecule has 2 rings (SSSR count). The number of rotatable bonds is 3. The SMILES string of the molecule is NC1CCC(C(=O)Cc2ccc(F)cc2)CC1. The fourth-order valence-corrected chi connectivity index (χ4v) is 2.39. The van der Waals surface area contributed by atoms with Crippen LogP contribution < -0.4 is 5.73 Å². The van der Waals surface area contributed by atoms with Gasteiger partial charge < -0.3 is 5.73 Å². The van der Waals surface area contributed by atoms with Gasteiger partial charge in [0.15, 0.2) is 0 Å². The average molecular weight is 235 g/mol. The summed E-state index contributed by atoms with van der Waals surface area (Å²) in [4.78, 5) is 12.0. The van der Waals surface area contributed by atoms with Crippen LogP contribution in [0.2, 0.25) is 0 Å². The molecule has 2 nitrogen and oxygen atoms in total. The van der Waals surface area contributed by atoms with Gasteiger partial charge >= 0.3 is 0 Å². The van der Waals surface area contributed by atoms with Crippen LogP contribution in [0.15, 0.2) is 24.3 Å². The van der Waals surface area contributed by atoms with Gasteiger partial charge in [-0.05, 0) is 43.4 Å². The first kappa shape index (κ1) is 12.2. The van der Waals surface area contributed by atoms with Crippen molar-refractivity contribution in [1.82, 2.24) is 0 Å². The van der Waals surface area contributed by atoms with Crippen LogP contribution in [0.3, 0.4) is 0 Å². The molecule has 0 spiro atoms. The normalized spacial score (nSPS) is 24.6. The Balaban J connectivity index is 1.90. The van der Waals surface area contributed by atoms with E-state index in [1.165, 1.54) is 12.1 Å². The lowest BCUT2D eigenvalue weighted by Gasteiger charge is -2.24. The summed E-state index contributed by atoms with van der Waals surface area (Å²) in [6.07, 6.45) is 4.11. The Morgan fingerprint density at radius 2 is 1.76 bits per heavy atom. The second-order valence-electron chi connectivity index (χ2n) is 4.88. The minimum atomic E-state index is -0.259. The maximum atomic E-state index is 12.7. The van der Waals surface area contributed by atoms with Crippen molar-refractivity contribution in [2.24, 2.45) is 11.7 Å². The summed E-state index contributed by atoms with van der Waals surface area (Å²) in [7, 11) is 0. The molecule has 1 aromatic carbocycles. The van der Waals surface area contributed by atoms with Crippen molar-refractivity contribution in [3.05, 3.63) is 35.6 Å². The van der Waals surface area contributed by atoms with Gasteiger partial charge in [0, 0.05) is 18.4 Å². The summed E-state index contributed by atoms with van der Waals surface area (Å²) in [6.45, 7) is 0. The summed E-state index contributed by atoms with van der Waals surface area (Å²) in [5.41, 5.74) is 6.71. The molecule has 1 aliphatic rings. The molecule has 0 atom stereocenters. The molecule has 17 heavy (non-hydrogen) atoms. The van der Waals surface area contributed by atoms with Crippen LogP contribution in [0.1, 0.15) is 31.2 Å². The highest BCUT2D eigenvalue weighted by atomic mass is 19.1. The largest absolute Gasteiger partial charge is 0.328 e. The van der Waals surface area contributed by atoms with E-state index in [4.69, 9.17) is 5.73 Å². The zero-order valence-corrected chi connectivity index (χ0v) is 9.86. The van der Waals surface area contributed by atoms with Gasteiger partial charge in [0.05, 0.1) is 0 Å². The monoisotopic (exact) mass is 235 g/mol. The van der Waals surface area contributed by atoms with Crippen LogP contribution in [0.5, 0.6) is 0 Å². The summed E-state index contributed by atoms with van der Waals surface area (Å²) < 4.78 is 12.7. The van der Waals surface area contributed by atoms with Crippen LogP contribution >= 0.6 is 0 Å². The Morgan fingerprint density at radius 3 is 2.35 bits per heavy atom. The maximum absolute atomic E-state index is 12.7. The van der Waals surface area contributed by atoms with Crippen LogP contribution in [0.4, 0.5) is 4.39 Å². The van der Waals surface area contributed by atoms with Gasteiger partial charge in [-0.3, -0.25) is 4.79 Å². The molecule has 0 unspecified atom stereocenters. The topological polar surface area (TPSA) is 43.1 Å². The summed E-state index contributed by atoms with van der Waals surface area (Å²) >= 11 is 0. The molecular formula is C14H18FNO. The minimum Gasteiger partial charge on any atom is -0.328 e. The third kappa shape index (κ3) is 3.37. The van der Waals surface area contributed by atoms with E-state index in [1.54, 1.807) is 12.1 Å². The highest BCUT2D eigenvalue weighted by Crippen LogP contribution is 2.25. The van der Waals surface area contributed by atoms with Crippen molar-refractivity contribution in [3.63, 3.8) is 0 Å². The van der Waals surface area contributed by atoms with Crippen LogP contribution in [-0.4, -0.2) is 11.8 Å². The number of hydrogen-bond donors (Lipinski definition) is 1. The third-order valence-electron chi connectivity index (χ3n) is 3.52. The molecule has 1 aromatic rings. The molecule has 0 aromatic heterocycles. The molecule has 0 saturated heterocycles. The Kier molecular flexibility index (Phi) is 3.89. The van der Waals surface area contributed by atoms with E-state index in [0.717, 1.165) is 31.2 Å². The Morgan fingerprint density at radius 1 is 1.18 bits per heavy atom. The number of benzene rings is 1. The smallest absolute Gasteiger partial charge is 0.140 e. The van der Waals surface area contributed by atoms with Gasteiger partial charge in [0.25, 0.3) is 0 Å². The Bertz CT molecular complexity index is 380. The predicted molar refractivity (Wildman–Crippen MR) is 65.0 cm³/mol. The van der Waals surface area contributed by atoms with Gasteiger partial charge in [0.1, 0.15) is 11.6 Å². The molecule has 0 aliphatic heterocycles. The van der Waals surface area contributed by atoms with Gasteiger partial charge in [-0.15, -0.1) is 0 Å². The van der Waals surface area contributed by atoms with E-state index in [2.05, 4.69) is 0 Å². The van der Waals surface area contributed by atoms with Crippen molar-refractivity contribution in [3.8, 4) is 0 Å². The van der Waals surface area contributed by atoms with E-state index in [9.17, 15) is 9.18 Å². The summed E-state index contributed by atoms with van der Waals surface area (Å²) in [5.74, 6) is 0.160. The van der Waals surface area contributed by atoms with E-state index in [-0.39, 0.29) is 23.6 Å². The summed E-state index contributed by atoms with van der Waals surface area (Å²) in [5, 5.41) is 0. The van der Waals surface area contributed by atoms with E-state index in [1.807, 2.05) is 0 Å². The highest BCUT2D eigenvalue weighted by molar-refractivity contribution is 5.83. The molecule has 1 fully saturated rings. The van der Waals surface area contributed by atoms with Gasteiger partial charge in [-0.2, -0.15) is 0 Å². The van der Waals surface area contributed by atoms with Crippen molar-refractivity contribution in [1.29, 1.82) is 0 Å². The molecule has 0 heterocycles. The van der Waals surface area contributed by atoms with Crippen molar-refractivity contribution >= 4 is 5.78 Å². The van der Waals surface area contributed by atoms with Gasteiger partial charge in [-0.25, -0.2) is 4.39 Å². The Labute approximate surface area is 101 Å². The van der Waals surface area contributed by atoms with Crippen LogP contribution in [0, 0.1) is 11.7 Å². The molecule has 0 radical (unpaired) electrons. The quantitative estimate of drug-likeness (QED) is 0.874. The van der Waals surface area contributed by atoms with Crippen molar-refractivity contribution in [2.45, 2.75) is 38.1 Å². The lowest BCUT2D eigenvalue weighted by atomic mass is 9.82. The minimum absolute atomic E-state index is 0.153. The molecule has 2 N–H and O–H groups in total. The van der Waals surface area contributed by atoms with Gasteiger partial charge in [0.2, 0.25) is 0 Å². The van der Waals surface area contributed by atoms with Crippen LogP contribution in [-0.2, 0) is 11.2 Å². The molecular weight excluding hydrogens is 217 g/mol. The number of Topliss-reactive ketones (excluding diaryl/α,β-unsaturated/α-hetero) is 1. The average Bonchev–Trinajstić information content (AvgIpc) is 2.33. The molecule has 1 aliphatic carbocycles. The molecule has 0 bridgehead atoms. The molecule has 0 amide bonds. The predicted octanol–water partition coefficient (Wildman–Crippen LogP) is 2.45. The fourth-order valence-electron chi connectivity index (χ4n) is 2.39. The lowest BCUT2D eigenvalue weighted by molar-refractivity contribution is -0.123. The number of ketones is 1. The first-order valence-corrected chi connectivity index (χ1v) is 6.18. The number of carbonyl (C=O) groups is 1. The first-order chi connectivity index (χ1) is 8.15. The molecule has 92 valence electrons. The lowest BCUT2D eigenvalue weighted by Crippen LogP contribution is -2.30. The fraction of sp³-hybridized carbons (Fsp3) is 0.500. The van der Waals surface area contributed by atoms with E-state index in [0.29, 0.717) is 6.42 Å². The standard InChI is InChI=1S/C14H18FNO/c15-12-5-1-10(2-6-12)9-14(17)11-3-7-13(16)8-4-11/h1-2,5-6,11,13H,3-4,7-9,16H2. The van der Waals surface area contributed by atoms with E-state index >= 15 is 0 Å². The summed E-state index contributed by atoms with van der Waals surface area (Å²) in [6, 6.07) is 6.44. The molecule has 3 heteroatoms. The second-order valence-corrected chi connectivity index (χ2v) is 4.88. The highest BCUT2D eigenvalue weighted by Gasteiger charge is 2.24. The maximum Gasteiger partial charge on any atom is 0.140 e. The number of halogens is 1. The number of carbonyl (C=O) groups excluding carboxylic acids is 1. The molecule has 1 saturated carbocycles. The zero-order chi connectivity index (χ0) is 12.3. The van der Waals surface area contributed by atoms with E-state index < -0.39 is 0 Å². The van der Waals surface area contributed by atoms with Crippen molar-refractivity contribution < 1.29 is 9.18 Å². The first-order valence-electron chi connectivity index (χ1n) is 6.18. The number of hydrogen-bond acceptors (Lipinski definition) is 2. The zero-order valence-electron chi connectivity index (χ0n) is 9.86. The third-order valence-corrected chi connectivity index (χ3v) is 3.52. The second kappa shape index (κ2) is 5.41.